The number of unbranched alkanes of at least 4 members (excludes halogenated alkanes) is 16. The zero-order valence-corrected chi connectivity index (χ0v) is 27.4. The summed E-state index contributed by atoms with van der Waals surface area (Å²) in [6.07, 6.45) is 24.3. The lowest BCUT2D eigenvalue weighted by molar-refractivity contribution is 0.472. The van der Waals surface area contributed by atoms with Crippen LogP contribution in [0.25, 0.3) is 0 Å². The summed E-state index contributed by atoms with van der Waals surface area (Å²) in [7, 11) is 0. The molecule has 2 N–H and O–H groups in total. The van der Waals surface area contributed by atoms with Crippen molar-refractivity contribution in [3.05, 3.63) is 58.7 Å². The van der Waals surface area contributed by atoms with E-state index in [1.54, 1.807) is 12.1 Å². The van der Waals surface area contributed by atoms with Gasteiger partial charge in [0.25, 0.3) is 0 Å². The zero-order chi connectivity index (χ0) is 30.4. The lowest BCUT2D eigenvalue weighted by atomic mass is 10.00. The third-order valence-corrected chi connectivity index (χ3v) is 8.25. The van der Waals surface area contributed by atoms with Gasteiger partial charge in [0.15, 0.2) is 0 Å². The van der Waals surface area contributed by atoms with Gasteiger partial charge in [0.1, 0.15) is 11.5 Å². The Kier molecular flexibility index (Phi) is 18.6. The van der Waals surface area contributed by atoms with E-state index in [0.29, 0.717) is 0 Å². The lowest BCUT2D eigenvalue weighted by Crippen LogP contribution is -2.05. The normalized spacial score (nSPS) is 12.3. The first-order valence-corrected chi connectivity index (χ1v) is 17.2. The van der Waals surface area contributed by atoms with E-state index in [0.717, 1.165) is 72.2 Å². The first kappa shape index (κ1) is 35.6. The minimum absolute atomic E-state index is 0.263. The van der Waals surface area contributed by atoms with Crippen LogP contribution in [0, 0.1) is 13.8 Å². The van der Waals surface area contributed by atoms with Crippen LogP contribution in [0.3, 0.4) is 0 Å². The molecule has 42 heavy (non-hydrogen) atoms. The van der Waals surface area contributed by atoms with Crippen molar-refractivity contribution in [2.75, 3.05) is 0 Å². The van der Waals surface area contributed by atoms with Gasteiger partial charge in [-0.05, 0) is 74.9 Å². The molecule has 0 amide bonds. The summed E-state index contributed by atoms with van der Waals surface area (Å²) in [4.78, 5) is 0. The van der Waals surface area contributed by atoms with Crippen LogP contribution in [-0.2, 0) is 0 Å². The predicted molar refractivity (Wildman–Crippen MR) is 182 cm³/mol. The van der Waals surface area contributed by atoms with Crippen molar-refractivity contribution in [1.29, 1.82) is 0 Å². The van der Waals surface area contributed by atoms with E-state index in [-0.39, 0.29) is 11.5 Å². The van der Waals surface area contributed by atoms with Crippen molar-refractivity contribution in [1.82, 2.24) is 0 Å². The van der Waals surface area contributed by atoms with Gasteiger partial charge >= 0.3 is 0 Å². The van der Waals surface area contributed by atoms with Crippen molar-refractivity contribution in [2.24, 2.45) is 10.2 Å². The number of nitrogens with zero attached hydrogens (tertiary/aromatic N) is 2. The van der Waals surface area contributed by atoms with Crippen LogP contribution in [0.5, 0.6) is 11.5 Å². The summed E-state index contributed by atoms with van der Waals surface area (Å²) >= 11 is 0. The maximum absolute atomic E-state index is 10.8. The number of rotatable bonds is 23. The average Bonchev–Trinajstić information content (AvgIpc) is 2.96. The summed E-state index contributed by atoms with van der Waals surface area (Å²) in [5, 5.41) is 31.1. The largest absolute Gasteiger partial charge is 0.507 e. The van der Waals surface area contributed by atoms with Gasteiger partial charge in [-0.15, -0.1) is 0 Å². The van der Waals surface area contributed by atoms with E-state index in [1.165, 1.54) is 89.9 Å². The van der Waals surface area contributed by atoms with Gasteiger partial charge in [-0.3, -0.25) is 0 Å². The summed E-state index contributed by atoms with van der Waals surface area (Å²) in [6.45, 7) is 8.50. The molecule has 4 heteroatoms. The van der Waals surface area contributed by atoms with Crippen LogP contribution in [-0.4, -0.2) is 21.6 Å². The monoisotopic (exact) mass is 576 g/mol. The highest BCUT2D eigenvalue weighted by Crippen LogP contribution is 2.25. The van der Waals surface area contributed by atoms with Crippen molar-refractivity contribution < 1.29 is 10.2 Å². The molecule has 2 rings (SSSR count). The smallest absolute Gasteiger partial charge is 0.124 e. The Morgan fingerprint density at radius 2 is 0.786 bits per heavy atom. The summed E-state index contributed by atoms with van der Waals surface area (Å²) < 4.78 is 0. The second-order valence-electron chi connectivity index (χ2n) is 12.3. The van der Waals surface area contributed by atoms with Crippen LogP contribution < -0.4 is 0 Å². The van der Waals surface area contributed by atoms with Gasteiger partial charge in [-0.2, -0.15) is 10.2 Å². The average molecular weight is 577 g/mol. The number of phenolic OH excluding ortho intramolecular Hbond substituents is 2. The van der Waals surface area contributed by atoms with Crippen molar-refractivity contribution >= 4 is 11.4 Å². The highest BCUT2D eigenvalue weighted by atomic mass is 16.3. The molecule has 0 fully saturated rings. The van der Waals surface area contributed by atoms with Gasteiger partial charge in [0, 0.05) is 11.1 Å². The molecule has 4 nitrogen and oxygen atoms in total. The number of benzene rings is 2. The van der Waals surface area contributed by atoms with Crippen molar-refractivity contribution in [3.63, 3.8) is 0 Å². The van der Waals surface area contributed by atoms with Crippen LogP contribution >= 0.6 is 0 Å². The molecule has 0 bridgehead atoms. The standard InChI is InChI=1S/C38H60N2O2/c1-5-7-9-11-13-15-17-19-21-23-35(33-27-25-31(3)29-37(33)41)39-40-36(34-28-26-32(4)30-38(34)42)24-22-20-18-16-14-12-10-8-6-2/h25-30,41-42H,5-24H2,1-4H3. The molecular formula is C38H60N2O2. The number of phenols is 2. The van der Waals surface area contributed by atoms with Crippen LogP contribution in [0.15, 0.2) is 46.6 Å². The lowest BCUT2D eigenvalue weighted by Gasteiger charge is -2.11. The molecule has 2 aromatic carbocycles. The zero-order valence-electron chi connectivity index (χ0n) is 27.4. The Morgan fingerprint density at radius 3 is 1.10 bits per heavy atom. The molecule has 0 aliphatic heterocycles. The van der Waals surface area contributed by atoms with E-state index in [2.05, 4.69) is 13.8 Å². The first-order chi connectivity index (χ1) is 20.5. The Hall–Kier alpha value is -2.62. The predicted octanol–water partition coefficient (Wildman–Crippen LogP) is 11.7. The van der Waals surface area contributed by atoms with Gasteiger partial charge < -0.3 is 10.2 Å². The molecular weight excluding hydrogens is 516 g/mol. The fraction of sp³-hybridized carbons (Fsp3) is 0.632. The summed E-state index contributed by atoms with van der Waals surface area (Å²) in [5.74, 6) is 0.525. The van der Waals surface area contributed by atoms with Gasteiger partial charge in [0.2, 0.25) is 0 Å². The summed E-state index contributed by atoms with van der Waals surface area (Å²) in [6, 6.07) is 11.6. The molecule has 0 aliphatic carbocycles. The van der Waals surface area contributed by atoms with Crippen molar-refractivity contribution in [3.8, 4) is 11.5 Å². The second kappa shape index (κ2) is 22.0. The fourth-order valence-electron chi connectivity index (χ4n) is 5.58. The third kappa shape index (κ3) is 14.5. The van der Waals surface area contributed by atoms with E-state index in [1.807, 2.05) is 38.1 Å². The molecule has 0 unspecified atom stereocenters. The number of hydrogen-bond acceptors (Lipinski definition) is 4. The first-order valence-electron chi connectivity index (χ1n) is 17.2. The van der Waals surface area contributed by atoms with Crippen LogP contribution in [0.4, 0.5) is 0 Å². The number of aryl methyl sites for hydroxylation is 2. The molecule has 0 saturated carbocycles. The second-order valence-corrected chi connectivity index (χ2v) is 12.3. The number of hydrogen-bond donors (Lipinski definition) is 2. The van der Waals surface area contributed by atoms with E-state index >= 15 is 0 Å². The van der Waals surface area contributed by atoms with Gasteiger partial charge in [0.05, 0.1) is 11.4 Å². The summed E-state index contributed by atoms with van der Waals surface area (Å²) in [5.41, 5.74) is 5.23. The SMILES string of the molecule is CCCCCCCCCCCC(=NN=C(CCCCCCCCCCC)c1ccc(C)cc1O)c1ccc(C)cc1O. The quantitative estimate of drug-likeness (QED) is 0.0785. The number of aromatic hydroxyl groups is 2. The third-order valence-electron chi connectivity index (χ3n) is 8.25. The van der Waals surface area contributed by atoms with E-state index < -0.39 is 0 Å². The van der Waals surface area contributed by atoms with Gasteiger partial charge in [-0.1, -0.05) is 129 Å². The maximum Gasteiger partial charge on any atom is 0.124 e. The molecule has 2 aromatic rings. The fourth-order valence-corrected chi connectivity index (χ4v) is 5.58. The molecule has 0 heterocycles. The molecule has 0 saturated heterocycles. The Morgan fingerprint density at radius 1 is 0.476 bits per heavy atom. The molecule has 0 atom stereocenters. The van der Waals surface area contributed by atoms with E-state index in [9.17, 15) is 10.2 Å². The Balaban J connectivity index is 2.12. The molecule has 234 valence electrons. The highest BCUT2D eigenvalue weighted by molar-refractivity contribution is 6.05. The van der Waals surface area contributed by atoms with E-state index in [4.69, 9.17) is 10.2 Å². The van der Waals surface area contributed by atoms with Crippen molar-refractivity contribution in [2.45, 2.75) is 156 Å². The van der Waals surface area contributed by atoms with Crippen LogP contribution in [0.2, 0.25) is 0 Å². The minimum Gasteiger partial charge on any atom is -0.507 e. The minimum atomic E-state index is 0.263. The molecule has 0 aliphatic rings. The van der Waals surface area contributed by atoms with Crippen LogP contribution in [0.1, 0.15) is 165 Å². The Labute approximate surface area is 257 Å². The molecule has 0 radical (unpaired) electrons. The Bertz CT molecular complexity index is 987. The molecule has 0 spiro atoms. The maximum atomic E-state index is 10.8. The topological polar surface area (TPSA) is 65.2 Å². The highest BCUT2D eigenvalue weighted by Gasteiger charge is 2.13. The molecule has 0 aromatic heterocycles. The van der Waals surface area contributed by atoms with Gasteiger partial charge in [-0.25, -0.2) is 0 Å².